The summed E-state index contributed by atoms with van der Waals surface area (Å²) in [5, 5.41) is 9.63. The summed E-state index contributed by atoms with van der Waals surface area (Å²) in [7, 11) is 3.16. The van der Waals surface area contributed by atoms with Crippen LogP contribution in [0.4, 0.5) is 4.39 Å². The second-order valence-electron chi connectivity index (χ2n) is 5.10. The summed E-state index contributed by atoms with van der Waals surface area (Å²) >= 11 is 0. The van der Waals surface area contributed by atoms with E-state index in [9.17, 15) is 9.50 Å². The lowest BCUT2D eigenvalue weighted by molar-refractivity contribution is 0.274. The van der Waals surface area contributed by atoms with Crippen molar-refractivity contribution >= 4 is 5.65 Å². The van der Waals surface area contributed by atoms with Gasteiger partial charge in [0.25, 0.3) is 0 Å². The maximum absolute atomic E-state index is 13.4. The highest BCUT2D eigenvalue weighted by atomic mass is 19.1. The molecule has 0 spiro atoms. The highest BCUT2D eigenvalue weighted by Gasteiger charge is 2.14. The predicted octanol–water partition coefficient (Wildman–Crippen LogP) is 2.57. The number of aliphatic hydroxyl groups excluding tert-OH is 1. The molecule has 23 heavy (non-hydrogen) atoms. The average Bonchev–Trinajstić information content (AvgIpc) is 2.90. The summed E-state index contributed by atoms with van der Waals surface area (Å²) in [6, 6.07) is 8.54. The molecule has 2 heterocycles. The van der Waals surface area contributed by atoms with Gasteiger partial charge in [0.05, 0.1) is 32.2 Å². The van der Waals surface area contributed by atoms with Crippen molar-refractivity contribution in [2.24, 2.45) is 0 Å². The Kier molecular flexibility index (Phi) is 4.16. The number of hydrogen-bond acceptors (Lipinski definition) is 4. The van der Waals surface area contributed by atoms with Gasteiger partial charge in [-0.05, 0) is 29.8 Å². The number of fused-ring (bicyclic) bond motifs is 1. The molecule has 120 valence electrons. The van der Waals surface area contributed by atoms with Crippen molar-refractivity contribution in [3.05, 3.63) is 59.3 Å². The maximum atomic E-state index is 13.4. The van der Waals surface area contributed by atoms with E-state index in [4.69, 9.17) is 9.47 Å². The van der Waals surface area contributed by atoms with E-state index in [1.54, 1.807) is 24.7 Å². The Labute approximate surface area is 132 Å². The van der Waals surface area contributed by atoms with Crippen LogP contribution in [0.25, 0.3) is 5.65 Å². The van der Waals surface area contributed by atoms with E-state index < -0.39 is 0 Å². The van der Waals surface area contributed by atoms with Gasteiger partial charge in [-0.15, -0.1) is 0 Å². The Morgan fingerprint density at radius 3 is 2.61 bits per heavy atom. The molecule has 0 aliphatic rings. The normalized spacial score (nSPS) is 11.0. The molecule has 0 amide bonds. The van der Waals surface area contributed by atoms with E-state index in [-0.39, 0.29) is 12.4 Å². The van der Waals surface area contributed by atoms with Crippen LogP contribution in [0.15, 0.2) is 36.5 Å². The Bertz CT molecular complexity index is 845. The lowest BCUT2D eigenvalue weighted by Gasteiger charge is -2.09. The number of ether oxygens (including phenoxy) is 2. The summed E-state index contributed by atoms with van der Waals surface area (Å²) in [5.74, 6) is 0.906. The van der Waals surface area contributed by atoms with Crippen molar-refractivity contribution in [1.82, 2.24) is 9.38 Å². The van der Waals surface area contributed by atoms with E-state index in [0.29, 0.717) is 35.0 Å². The number of nitrogens with zero attached hydrogens (tertiary/aromatic N) is 2. The van der Waals surface area contributed by atoms with Gasteiger partial charge in [-0.2, -0.15) is 0 Å². The third-order valence-electron chi connectivity index (χ3n) is 3.73. The highest BCUT2D eigenvalue weighted by Crippen LogP contribution is 2.29. The Hall–Kier alpha value is -2.60. The first-order valence-electron chi connectivity index (χ1n) is 7.13. The minimum absolute atomic E-state index is 0.215. The van der Waals surface area contributed by atoms with Crippen molar-refractivity contribution in [3.8, 4) is 11.5 Å². The first-order chi connectivity index (χ1) is 11.2. The zero-order valence-corrected chi connectivity index (χ0v) is 12.9. The molecule has 1 N–H and O–H groups in total. The third-order valence-corrected chi connectivity index (χ3v) is 3.73. The van der Waals surface area contributed by atoms with Crippen LogP contribution in [0.2, 0.25) is 0 Å². The zero-order valence-electron chi connectivity index (χ0n) is 12.9. The van der Waals surface area contributed by atoms with Crippen LogP contribution >= 0.6 is 0 Å². The summed E-state index contributed by atoms with van der Waals surface area (Å²) in [5.41, 5.74) is 2.84. The highest BCUT2D eigenvalue weighted by molar-refractivity contribution is 5.47. The second kappa shape index (κ2) is 6.26. The van der Waals surface area contributed by atoms with E-state index in [1.807, 2.05) is 18.2 Å². The molecule has 0 atom stereocenters. The van der Waals surface area contributed by atoms with Crippen LogP contribution < -0.4 is 9.47 Å². The van der Waals surface area contributed by atoms with Crippen LogP contribution in [0.1, 0.15) is 17.0 Å². The number of aromatic nitrogens is 2. The van der Waals surface area contributed by atoms with Crippen LogP contribution in [-0.2, 0) is 13.0 Å². The molecule has 0 unspecified atom stereocenters. The van der Waals surface area contributed by atoms with E-state index in [1.165, 1.54) is 12.3 Å². The van der Waals surface area contributed by atoms with E-state index in [0.717, 1.165) is 5.56 Å². The number of pyridine rings is 1. The second-order valence-corrected chi connectivity index (χ2v) is 5.10. The molecule has 3 rings (SSSR count). The molecule has 0 fully saturated rings. The van der Waals surface area contributed by atoms with Crippen LogP contribution in [0.3, 0.4) is 0 Å². The van der Waals surface area contributed by atoms with E-state index >= 15 is 0 Å². The molecule has 2 aromatic heterocycles. The predicted molar refractivity (Wildman–Crippen MR) is 83.4 cm³/mol. The molecule has 6 heteroatoms. The molecule has 0 saturated carbocycles. The van der Waals surface area contributed by atoms with Gasteiger partial charge >= 0.3 is 0 Å². The maximum Gasteiger partial charge on any atom is 0.160 e. The molecule has 3 aromatic rings. The van der Waals surface area contributed by atoms with E-state index in [2.05, 4.69) is 4.98 Å². The molecule has 0 aliphatic heterocycles. The van der Waals surface area contributed by atoms with Gasteiger partial charge in [0.2, 0.25) is 0 Å². The molecular weight excluding hydrogens is 299 g/mol. The van der Waals surface area contributed by atoms with Crippen LogP contribution in [0, 0.1) is 5.82 Å². The van der Waals surface area contributed by atoms with Crippen molar-refractivity contribution in [1.29, 1.82) is 0 Å². The number of aliphatic hydroxyl groups is 1. The lowest BCUT2D eigenvalue weighted by Crippen LogP contribution is -1.99. The van der Waals surface area contributed by atoms with Crippen LogP contribution in [-0.4, -0.2) is 28.7 Å². The zero-order chi connectivity index (χ0) is 16.4. The Morgan fingerprint density at radius 2 is 1.91 bits per heavy atom. The fourth-order valence-corrected chi connectivity index (χ4v) is 2.61. The molecule has 0 radical (unpaired) electrons. The lowest BCUT2D eigenvalue weighted by atomic mass is 10.1. The number of methoxy groups -OCH3 is 2. The minimum atomic E-state index is -0.373. The largest absolute Gasteiger partial charge is 0.493 e. The van der Waals surface area contributed by atoms with Crippen molar-refractivity contribution in [2.45, 2.75) is 13.0 Å². The average molecular weight is 316 g/mol. The molecule has 0 bridgehead atoms. The van der Waals surface area contributed by atoms with Gasteiger partial charge in [0.15, 0.2) is 11.5 Å². The Morgan fingerprint density at radius 1 is 1.13 bits per heavy atom. The molecule has 0 aliphatic carbocycles. The van der Waals surface area contributed by atoms with Gasteiger partial charge in [-0.3, -0.25) is 4.40 Å². The smallest absolute Gasteiger partial charge is 0.160 e. The first kappa shape index (κ1) is 15.3. The van der Waals surface area contributed by atoms with Gasteiger partial charge in [0, 0.05) is 12.6 Å². The molecule has 0 saturated heterocycles. The van der Waals surface area contributed by atoms with Crippen LogP contribution in [0.5, 0.6) is 11.5 Å². The van der Waals surface area contributed by atoms with Crippen molar-refractivity contribution < 1.29 is 19.0 Å². The van der Waals surface area contributed by atoms with Gasteiger partial charge < -0.3 is 14.6 Å². The number of benzene rings is 1. The fourth-order valence-electron chi connectivity index (χ4n) is 2.61. The summed E-state index contributed by atoms with van der Waals surface area (Å²) in [4.78, 5) is 4.48. The summed E-state index contributed by atoms with van der Waals surface area (Å²) < 4.78 is 25.5. The first-order valence-corrected chi connectivity index (χ1v) is 7.13. The monoisotopic (exact) mass is 316 g/mol. The summed E-state index contributed by atoms with van der Waals surface area (Å²) in [6.07, 6.45) is 1.82. The summed E-state index contributed by atoms with van der Waals surface area (Å²) in [6.45, 7) is -0.215. The fraction of sp³-hybridized carbons (Fsp3) is 0.235. The molecule has 5 nitrogen and oxygen atoms in total. The quantitative estimate of drug-likeness (QED) is 0.786. The van der Waals surface area contributed by atoms with Crippen molar-refractivity contribution in [3.63, 3.8) is 0 Å². The number of rotatable bonds is 5. The number of hydrogen-bond donors (Lipinski definition) is 1. The number of halogens is 1. The molecular formula is C17H17FN2O3. The third kappa shape index (κ3) is 2.85. The topological polar surface area (TPSA) is 56.0 Å². The van der Waals surface area contributed by atoms with Gasteiger partial charge in [-0.25, -0.2) is 9.37 Å². The SMILES string of the molecule is COc1ccc(Cc2nc3ccc(F)cn3c2CO)cc1OC. The standard InChI is InChI=1S/C17H17FN2O3/c1-22-15-5-3-11(8-16(15)23-2)7-13-14(10-21)20-9-12(18)4-6-17(20)19-13/h3-6,8-9,21H,7,10H2,1-2H3. The van der Waals surface area contributed by atoms with Gasteiger partial charge in [0.1, 0.15) is 11.5 Å². The van der Waals surface area contributed by atoms with Gasteiger partial charge in [-0.1, -0.05) is 6.07 Å². The molecule has 1 aromatic carbocycles. The minimum Gasteiger partial charge on any atom is -0.493 e. The Balaban J connectivity index is 2.01. The van der Waals surface area contributed by atoms with Crippen molar-refractivity contribution in [2.75, 3.05) is 14.2 Å². The number of imidazole rings is 1.